The van der Waals surface area contributed by atoms with E-state index in [0.29, 0.717) is 0 Å². The van der Waals surface area contributed by atoms with Gasteiger partial charge < -0.3 is 18.9 Å². The molecule has 0 saturated carbocycles. The van der Waals surface area contributed by atoms with E-state index in [1.165, 1.54) is 27.7 Å². The summed E-state index contributed by atoms with van der Waals surface area (Å²) >= 11 is 0. The van der Waals surface area contributed by atoms with Crippen LogP contribution < -0.4 is 10.9 Å². The number of nitroso groups, excluding NO2 is 2. The van der Waals surface area contributed by atoms with E-state index in [9.17, 15) is 30.0 Å². The fourth-order valence-corrected chi connectivity index (χ4v) is 3.05. The highest BCUT2D eigenvalue weighted by atomic mass is 16.7. The molecule has 24 heteroatoms. The van der Waals surface area contributed by atoms with E-state index >= 15 is 0 Å². The SMILES string of the molecule is CC1(C)OCC([N+](=O)[O-])([N+](=O)Nc2nonc2N=Nc2nonc2N[N+](=O)C2([N+](=O)[O-])COC(C)(C)OC2)CO1. The molecule has 0 aliphatic carbocycles. The molecule has 2 saturated heterocycles. The first-order valence-electron chi connectivity index (χ1n) is 11.1. The zero-order chi connectivity index (χ0) is 29.3. The van der Waals surface area contributed by atoms with Crippen LogP contribution >= 0.6 is 0 Å². The number of aromatic nitrogens is 4. The minimum Gasteiger partial charge on any atom is -0.335 e. The molecule has 0 aromatic carbocycles. The van der Waals surface area contributed by atoms with E-state index in [0.717, 1.165) is 0 Å². The average molecular weight is 574 g/mol. The van der Waals surface area contributed by atoms with Gasteiger partial charge >= 0.3 is 11.3 Å². The summed E-state index contributed by atoms with van der Waals surface area (Å²) in [5.74, 6) is -4.31. The lowest BCUT2D eigenvalue weighted by Crippen LogP contribution is -2.62. The summed E-state index contributed by atoms with van der Waals surface area (Å²) in [4.78, 5) is 46.7. The maximum Gasteiger partial charge on any atom is 0.522 e. The van der Waals surface area contributed by atoms with Crippen molar-refractivity contribution in [1.82, 2.24) is 20.6 Å². The predicted molar refractivity (Wildman–Crippen MR) is 119 cm³/mol. The van der Waals surface area contributed by atoms with Crippen molar-refractivity contribution in [3.05, 3.63) is 30.0 Å². The van der Waals surface area contributed by atoms with Gasteiger partial charge in [0.2, 0.25) is 9.74 Å². The quantitative estimate of drug-likeness (QED) is 0.129. The second-order valence-corrected chi connectivity index (χ2v) is 9.32. The Labute approximate surface area is 220 Å². The maximum absolute atomic E-state index is 12.7. The molecule has 0 atom stereocenters. The van der Waals surface area contributed by atoms with Crippen molar-refractivity contribution in [3.8, 4) is 0 Å². The van der Waals surface area contributed by atoms with Gasteiger partial charge in [0.05, 0.1) is 9.81 Å². The highest BCUT2D eigenvalue weighted by molar-refractivity contribution is 5.54. The molecule has 24 nitrogen and oxygen atoms in total. The van der Waals surface area contributed by atoms with Crippen LogP contribution in [0.15, 0.2) is 19.5 Å². The fourth-order valence-electron chi connectivity index (χ4n) is 3.05. The molecular formula is C16H22N12O12+2. The van der Waals surface area contributed by atoms with Crippen LogP contribution in [-0.2, 0) is 18.9 Å². The number of hydrazine groups is 2. The van der Waals surface area contributed by atoms with Crippen LogP contribution in [0.25, 0.3) is 0 Å². The first-order chi connectivity index (χ1) is 18.7. The lowest BCUT2D eigenvalue weighted by Gasteiger charge is -2.32. The zero-order valence-electron chi connectivity index (χ0n) is 21.2. The number of hydrogen-bond acceptors (Lipinski definition) is 18. The number of nitrogens with zero attached hydrogens (tertiary/aromatic N) is 10. The molecule has 2 aromatic heterocycles. The van der Waals surface area contributed by atoms with Crippen molar-refractivity contribution < 1.29 is 47.8 Å². The van der Waals surface area contributed by atoms with Crippen LogP contribution in [0.3, 0.4) is 0 Å². The average Bonchev–Trinajstić information content (AvgIpc) is 3.51. The minimum absolute atomic E-state index is 0.173. The van der Waals surface area contributed by atoms with Crippen LogP contribution in [0.1, 0.15) is 27.7 Å². The Balaban J connectivity index is 1.48. The Hall–Kier alpha value is -4.68. The molecule has 0 radical (unpaired) electrons. The van der Waals surface area contributed by atoms with Crippen molar-refractivity contribution in [2.24, 2.45) is 10.2 Å². The Bertz CT molecular complexity index is 1230. The smallest absolute Gasteiger partial charge is 0.335 e. The van der Waals surface area contributed by atoms with Gasteiger partial charge in [-0.05, 0) is 48.3 Å². The van der Waals surface area contributed by atoms with E-state index in [-0.39, 0.29) is 9.74 Å². The first kappa shape index (κ1) is 28.3. The maximum atomic E-state index is 12.7. The van der Waals surface area contributed by atoms with Gasteiger partial charge in [-0.15, -0.1) is 10.2 Å². The molecular weight excluding hydrogens is 552 g/mol. The summed E-state index contributed by atoms with van der Waals surface area (Å²) in [6.45, 7) is 3.49. The summed E-state index contributed by atoms with van der Waals surface area (Å²) in [7, 11) is 0. The van der Waals surface area contributed by atoms with Crippen LogP contribution in [0.5, 0.6) is 0 Å². The van der Waals surface area contributed by atoms with Crippen molar-refractivity contribution in [1.29, 1.82) is 0 Å². The lowest BCUT2D eigenvalue weighted by molar-refractivity contribution is -0.823. The molecule has 0 unspecified atom stereocenters. The number of nitrogens with one attached hydrogen (secondary N) is 2. The number of anilines is 2. The molecule has 0 spiro atoms. The molecule has 2 aliphatic heterocycles. The van der Waals surface area contributed by atoms with Crippen LogP contribution in [-0.4, -0.2) is 89.5 Å². The molecule has 40 heavy (non-hydrogen) atoms. The van der Waals surface area contributed by atoms with Gasteiger partial charge in [0.15, 0.2) is 38.0 Å². The van der Waals surface area contributed by atoms with E-state index in [1.807, 2.05) is 0 Å². The molecule has 2 fully saturated rings. The molecule has 4 rings (SSSR count). The van der Waals surface area contributed by atoms with Gasteiger partial charge in [-0.1, -0.05) is 10.9 Å². The second-order valence-electron chi connectivity index (χ2n) is 9.32. The number of hydrogen-bond donors (Lipinski definition) is 2. The Morgan fingerprint density at radius 2 is 0.975 bits per heavy atom. The highest BCUT2D eigenvalue weighted by Crippen LogP contribution is 2.31. The summed E-state index contributed by atoms with van der Waals surface area (Å²) < 4.78 is 30.1. The van der Waals surface area contributed by atoms with Crippen LogP contribution in [0.2, 0.25) is 0 Å². The zero-order valence-corrected chi connectivity index (χ0v) is 21.2. The van der Waals surface area contributed by atoms with E-state index in [2.05, 4.69) is 51.0 Å². The summed E-state index contributed by atoms with van der Waals surface area (Å²) in [6.07, 6.45) is 0. The van der Waals surface area contributed by atoms with E-state index in [4.69, 9.17) is 18.9 Å². The van der Waals surface area contributed by atoms with Crippen LogP contribution in [0, 0.1) is 30.0 Å². The van der Waals surface area contributed by atoms with Crippen molar-refractivity contribution in [2.75, 3.05) is 37.3 Å². The van der Waals surface area contributed by atoms with Gasteiger partial charge in [0, 0.05) is 0 Å². The van der Waals surface area contributed by atoms with Crippen LogP contribution in [0.4, 0.5) is 23.3 Å². The van der Waals surface area contributed by atoms with Gasteiger partial charge in [-0.3, -0.25) is 20.2 Å². The van der Waals surface area contributed by atoms with Crippen molar-refractivity contribution in [3.63, 3.8) is 0 Å². The first-order valence-corrected chi connectivity index (χ1v) is 11.1. The standard InChI is InChI=1S/C16H22N12O12/c1-13(2)35-5-15(6-36-13,27(31)32)25(29)19-11-9(21-39-23-11)17-18-10-12(24-40-22-10)20-26(30)16(28(33)34)7-37-14(3,4)38-8-16/h5-8H2,1-4H3,(H,19,23,29)(H,20,24,30)/q+2. The molecule has 4 heterocycles. The Morgan fingerprint density at radius 1 is 0.650 bits per heavy atom. The fraction of sp³-hybridized carbons (Fsp3) is 0.750. The molecule has 2 aromatic rings. The normalized spacial score (nSPS) is 21.0. The summed E-state index contributed by atoms with van der Waals surface area (Å²) in [5.41, 5.74) is -0.656. The lowest BCUT2D eigenvalue weighted by atomic mass is 10.2. The predicted octanol–water partition coefficient (Wildman–Crippen LogP) is 0.591. The summed E-state index contributed by atoms with van der Waals surface area (Å²) in [5, 5.41) is 44.3. The number of ether oxygens (including phenoxy) is 4. The number of nitro groups is 2. The van der Waals surface area contributed by atoms with Gasteiger partial charge in [0.1, 0.15) is 9.85 Å². The third-order valence-corrected chi connectivity index (χ3v) is 5.64. The van der Waals surface area contributed by atoms with Gasteiger partial charge in [-0.2, -0.15) is 0 Å². The monoisotopic (exact) mass is 574 g/mol. The third-order valence-electron chi connectivity index (χ3n) is 5.64. The topological polar surface area (TPSA) is 290 Å². The molecule has 216 valence electrons. The summed E-state index contributed by atoms with van der Waals surface area (Å²) in [6, 6.07) is 0. The third kappa shape index (κ3) is 5.40. The largest absolute Gasteiger partial charge is 0.522 e. The van der Waals surface area contributed by atoms with Crippen molar-refractivity contribution >= 4 is 23.3 Å². The number of rotatable bonds is 10. The van der Waals surface area contributed by atoms with E-state index in [1.54, 1.807) is 0 Å². The molecule has 2 N–H and O–H groups in total. The van der Waals surface area contributed by atoms with Gasteiger partial charge in [0.25, 0.3) is 23.3 Å². The van der Waals surface area contributed by atoms with E-state index < -0.39 is 82.4 Å². The van der Waals surface area contributed by atoms with Gasteiger partial charge in [-0.25, -0.2) is 9.26 Å². The second kappa shape index (κ2) is 10.1. The Kier molecular flexibility index (Phi) is 7.18. The molecule has 0 amide bonds. The molecule has 2 aliphatic rings. The highest BCUT2D eigenvalue weighted by Gasteiger charge is 2.66. The minimum atomic E-state index is -2.40. The molecule has 0 bridgehead atoms. The Morgan fingerprint density at radius 3 is 1.27 bits per heavy atom. The van der Waals surface area contributed by atoms with Crippen molar-refractivity contribution in [2.45, 2.75) is 50.6 Å². The number of azo groups is 1.